The van der Waals surface area contributed by atoms with Crippen LogP contribution in [-0.2, 0) is 23.1 Å². The molecule has 0 aliphatic carbocycles. The number of hydrogen-bond acceptors (Lipinski definition) is 6. The second-order valence-electron chi connectivity index (χ2n) is 8.09. The normalized spacial score (nSPS) is 11.9. The van der Waals surface area contributed by atoms with E-state index in [-0.39, 0.29) is 13.1 Å². The highest BCUT2D eigenvalue weighted by molar-refractivity contribution is 7.89. The molecular weight excluding hydrogens is 434 g/mol. The number of rotatable bonds is 8. The van der Waals surface area contributed by atoms with Crippen LogP contribution >= 0.6 is 0 Å². The minimum atomic E-state index is -3.48. The van der Waals surface area contributed by atoms with Gasteiger partial charge in [-0.05, 0) is 60.9 Å². The molecule has 4 rings (SSSR count). The third-order valence-electron chi connectivity index (χ3n) is 5.51. The van der Waals surface area contributed by atoms with Gasteiger partial charge in [-0.15, -0.1) is 0 Å². The Morgan fingerprint density at radius 3 is 2.45 bits per heavy atom. The van der Waals surface area contributed by atoms with Gasteiger partial charge in [-0.2, -0.15) is 4.31 Å². The molecule has 0 aliphatic rings. The Morgan fingerprint density at radius 2 is 1.73 bits per heavy atom. The highest BCUT2D eigenvalue weighted by atomic mass is 32.2. The molecule has 0 fully saturated rings. The molecule has 170 valence electrons. The van der Waals surface area contributed by atoms with E-state index in [4.69, 9.17) is 0 Å². The lowest BCUT2D eigenvalue weighted by atomic mass is 10.0. The first-order valence-electron chi connectivity index (χ1n) is 10.8. The number of pyridine rings is 1. The minimum Gasteiger partial charge on any atom is -0.373 e. The molecule has 33 heavy (non-hydrogen) atoms. The van der Waals surface area contributed by atoms with Crippen molar-refractivity contribution >= 4 is 26.7 Å². The van der Waals surface area contributed by atoms with Gasteiger partial charge < -0.3 is 5.32 Å². The summed E-state index contributed by atoms with van der Waals surface area (Å²) in [6.07, 6.45) is 3.22. The Balaban J connectivity index is 1.68. The predicted molar refractivity (Wildman–Crippen MR) is 132 cm³/mol. The van der Waals surface area contributed by atoms with Crippen molar-refractivity contribution in [3.63, 3.8) is 0 Å². The van der Waals surface area contributed by atoms with Gasteiger partial charge in [-0.25, -0.2) is 18.4 Å². The molecule has 2 aromatic carbocycles. The van der Waals surface area contributed by atoms with Crippen molar-refractivity contribution in [3.05, 3.63) is 84.4 Å². The largest absolute Gasteiger partial charge is 0.373 e. The number of hydrogen-bond donors (Lipinski definition) is 1. The molecule has 0 saturated heterocycles. The fourth-order valence-electron chi connectivity index (χ4n) is 3.69. The Labute approximate surface area is 194 Å². The summed E-state index contributed by atoms with van der Waals surface area (Å²) in [5, 5.41) is 3.52. The van der Waals surface area contributed by atoms with Gasteiger partial charge in [0.05, 0.1) is 23.0 Å². The van der Waals surface area contributed by atoms with Crippen LogP contribution in [0.2, 0.25) is 0 Å². The zero-order valence-electron chi connectivity index (χ0n) is 18.9. The molecule has 8 heteroatoms. The van der Waals surface area contributed by atoms with Crippen LogP contribution in [0.25, 0.3) is 22.0 Å². The van der Waals surface area contributed by atoms with E-state index >= 15 is 0 Å². The summed E-state index contributed by atoms with van der Waals surface area (Å²) < 4.78 is 27.7. The minimum absolute atomic E-state index is 0.227. The number of nitrogens with one attached hydrogen (secondary N) is 1. The molecule has 4 aromatic rings. The molecular formula is C25H27N5O2S. The highest BCUT2D eigenvalue weighted by Gasteiger charge is 2.26. The lowest BCUT2D eigenvalue weighted by Crippen LogP contribution is -2.35. The third-order valence-corrected chi connectivity index (χ3v) is 7.68. The van der Waals surface area contributed by atoms with Crippen LogP contribution < -0.4 is 5.32 Å². The Bertz CT molecular complexity index is 1360. The van der Waals surface area contributed by atoms with Gasteiger partial charge in [-0.3, -0.25) is 4.98 Å². The van der Waals surface area contributed by atoms with E-state index in [9.17, 15) is 8.42 Å². The highest BCUT2D eigenvalue weighted by Crippen LogP contribution is 2.28. The van der Waals surface area contributed by atoms with Gasteiger partial charge in [0.1, 0.15) is 12.1 Å². The SMILES string of the molecule is CNc1ncnc2ccc(-c3cccc(CN(Cc4ccccn4)S(=O)(=O)C(C)C)c3)cc12. The first-order chi connectivity index (χ1) is 15.9. The maximum absolute atomic E-state index is 13.1. The van der Waals surface area contributed by atoms with Crippen molar-refractivity contribution in [2.75, 3.05) is 12.4 Å². The number of anilines is 1. The predicted octanol–water partition coefficient (Wildman–Crippen LogP) is 4.47. The Kier molecular flexibility index (Phi) is 6.67. The average molecular weight is 462 g/mol. The molecule has 0 amide bonds. The van der Waals surface area contributed by atoms with Crippen LogP contribution in [0, 0.1) is 0 Å². The van der Waals surface area contributed by atoms with Crippen LogP contribution in [0.4, 0.5) is 5.82 Å². The first kappa shape index (κ1) is 22.8. The summed E-state index contributed by atoms with van der Waals surface area (Å²) in [5.41, 5.74) is 4.50. The number of fused-ring (bicyclic) bond motifs is 1. The van der Waals surface area contributed by atoms with Gasteiger partial charge in [0.15, 0.2) is 0 Å². The van der Waals surface area contributed by atoms with Crippen molar-refractivity contribution in [1.82, 2.24) is 19.3 Å². The van der Waals surface area contributed by atoms with Gasteiger partial charge in [0.2, 0.25) is 10.0 Å². The quantitative estimate of drug-likeness (QED) is 0.416. The first-order valence-corrected chi connectivity index (χ1v) is 12.3. The lowest BCUT2D eigenvalue weighted by molar-refractivity contribution is 0.392. The van der Waals surface area contributed by atoms with Crippen LogP contribution in [-0.4, -0.2) is 40.0 Å². The number of sulfonamides is 1. The van der Waals surface area contributed by atoms with E-state index in [1.54, 1.807) is 26.4 Å². The van der Waals surface area contributed by atoms with Crippen LogP contribution in [0.5, 0.6) is 0 Å². The summed E-state index contributed by atoms with van der Waals surface area (Å²) in [5.74, 6) is 0.766. The monoisotopic (exact) mass is 461 g/mol. The third kappa shape index (κ3) is 5.02. The lowest BCUT2D eigenvalue weighted by Gasteiger charge is -2.24. The average Bonchev–Trinajstić information content (AvgIpc) is 2.83. The van der Waals surface area contributed by atoms with Crippen molar-refractivity contribution in [3.8, 4) is 11.1 Å². The van der Waals surface area contributed by atoms with E-state index in [0.29, 0.717) is 5.69 Å². The summed E-state index contributed by atoms with van der Waals surface area (Å²) in [4.78, 5) is 13.0. The molecule has 1 N–H and O–H groups in total. The van der Waals surface area contributed by atoms with Gasteiger partial charge in [-0.1, -0.05) is 30.3 Å². The van der Waals surface area contributed by atoms with E-state index in [1.807, 2.05) is 61.6 Å². The van der Waals surface area contributed by atoms with Crippen molar-refractivity contribution < 1.29 is 8.42 Å². The molecule has 0 saturated carbocycles. The Hall–Kier alpha value is -3.36. The number of aromatic nitrogens is 3. The van der Waals surface area contributed by atoms with E-state index < -0.39 is 15.3 Å². The fraction of sp³-hybridized carbons (Fsp3) is 0.240. The Morgan fingerprint density at radius 1 is 0.909 bits per heavy atom. The van der Waals surface area contributed by atoms with Crippen LogP contribution in [0.15, 0.2) is 73.2 Å². The summed E-state index contributed by atoms with van der Waals surface area (Å²) >= 11 is 0. The number of nitrogens with zero attached hydrogens (tertiary/aromatic N) is 4. The van der Waals surface area contributed by atoms with Crippen molar-refractivity contribution in [2.24, 2.45) is 0 Å². The fourth-order valence-corrected chi connectivity index (χ4v) is 4.93. The molecule has 0 spiro atoms. The summed E-state index contributed by atoms with van der Waals surface area (Å²) in [6.45, 7) is 3.90. The molecule has 0 atom stereocenters. The molecule has 0 aliphatic heterocycles. The maximum Gasteiger partial charge on any atom is 0.217 e. The molecule has 0 unspecified atom stereocenters. The molecule has 7 nitrogen and oxygen atoms in total. The zero-order chi connectivity index (χ0) is 23.4. The molecule has 0 bridgehead atoms. The standard InChI is InChI=1S/C25H27N5O2S/c1-18(2)33(31,32)30(16-22-9-4-5-12-27-22)15-19-7-6-8-20(13-19)21-10-11-24-23(14-21)25(26-3)29-17-28-24/h4-14,17-18H,15-16H2,1-3H3,(H,26,28,29). The topological polar surface area (TPSA) is 88.1 Å². The van der Waals surface area contributed by atoms with Gasteiger partial charge in [0.25, 0.3) is 0 Å². The van der Waals surface area contributed by atoms with Crippen molar-refractivity contribution in [1.29, 1.82) is 0 Å². The maximum atomic E-state index is 13.1. The molecule has 0 radical (unpaired) electrons. The molecule has 2 heterocycles. The van der Waals surface area contributed by atoms with Crippen LogP contribution in [0.1, 0.15) is 25.1 Å². The van der Waals surface area contributed by atoms with E-state index in [1.165, 1.54) is 4.31 Å². The number of benzene rings is 2. The second-order valence-corrected chi connectivity index (χ2v) is 10.6. The summed E-state index contributed by atoms with van der Waals surface area (Å²) in [6, 6.07) is 19.5. The van der Waals surface area contributed by atoms with Gasteiger partial charge >= 0.3 is 0 Å². The second kappa shape index (κ2) is 9.64. The van der Waals surface area contributed by atoms with Crippen molar-refractivity contribution in [2.45, 2.75) is 32.2 Å². The zero-order valence-corrected chi connectivity index (χ0v) is 19.7. The van der Waals surface area contributed by atoms with Gasteiger partial charge in [0, 0.05) is 25.2 Å². The summed E-state index contributed by atoms with van der Waals surface area (Å²) in [7, 11) is -1.65. The van der Waals surface area contributed by atoms with E-state index in [0.717, 1.165) is 33.4 Å². The smallest absolute Gasteiger partial charge is 0.217 e. The molecule has 2 aromatic heterocycles. The van der Waals surface area contributed by atoms with Crippen LogP contribution in [0.3, 0.4) is 0 Å². The van der Waals surface area contributed by atoms with E-state index in [2.05, 4.69) is 26.3 Å².